The van der Waals surface area contributed by atoms with Crippen LogP contribution in [0.3, 0.4) is 0 Å². The second-order valence-corrected chi connectivity index (χ2v) is 9.79. The first-order valence-electron chi connectivity index (χ1n) is 10.9. The Morgan fingerprint density at radius 3 is 2.57 bits per heavy atom. The van der Waals surface area contributed by atoms with Gasteiger partial charge >= 0.3 is 0 Å². The van der Waals surface area contributed by atoms with E-state index in [1.54, 1.807) is 0 Å². The van der Waals surface area contributed by atoms with Crippen molar-refractivity contribution in [2.75, 3.05) is 0 Å². The molecule has 1 aliphatic rings. The maximum Gasteiger partial charge on any atom is 0.264 e. The summed E-state index contributed by atoms with van der Waals surface area (Å²) in [5.41, 5.74) is 3.29. The summed E-state index contributed by atoms with van der Waals surface area (Å²) in [6.45, 7) is 2.22. The fourth-order valence-corrected chi connectivity index (χ4v) is 4.94. The average molecular weight is 519 g/mol. The highest BCUT2D eigenvalue weighted by atomic mass is 35.5. The molecule has 0 spiro atoms. The predicted molar refractivity (Wildman–Crippen MR) is 147 cm³/mol. The molecule has 4 nitrogen and oxygen atoms in total. The highest BCUT2D eigenvalue weighted by molar-refractivity contribution is 8.18. The fraction of sp³-hybridized carbons (Fsp3) is 0.0714. The van der Waals surface area contributed by atoms with E-state index < -0.39 is 0 Å². The third-order valence-electron chi connectivity index (χ3n) is 5.66. The van der Waals surface area contributed by atoms with Gasteiger partial charge in [0.1, 0.15) is 12.4 Å². The van der Waals surface area contributed by atoms with E-state index in [2.05, 4.69) is 10.3 Å². The third kappa shape index (κ3) is 5.08. The number of fused-ring (bicyclic) bond motifs is 1. The summed E-state index contributed by atoms with van der Waals surface area (Å²) in [6, 6.07) is 25.1. The number of amides is 1. The molecular formula is C28H20Cl2N2O2S. The average Bonchev–Trinajstić information content (AvgIpc) is 3.20. The molecule has 0 saturated carbocycles. The quantitative estimate of drug-likeness (QED) is 0.273. The van der Waals surface area contributed by atoms with E-state index in [1.165, 1.54) is 11.8 Å². The van der Waals surface area contributed by atoms with Crippen molar-refractivity contribution in [1.29, 1.82) is 0 Å². The lowest BCUT2D eigenvalue weighted by molar-refractivity contribution is -0.115. The first kappa shape index (κ1) is 23.5. The maximum atomic E-state index is 12.8. The number of hydrogen-bond acceptors (Lipinski definition) is 4. The van der Waals surface area contributed by atoms with Crippen LogP contribution in [0.4, 0.5) is 5.69 Å². The van der Waals surface area contributed by atoms with Gasteiger partial charge < -0.3 is 10.1 Å². The van der Waals surface area contributed by atoms with Gasteiger partial charge in [0.05, 0.1) is 10.6 Å². The van der Waals surface area contributed by atoms with E-state index in [4.69, 9.17) is 27.9 Å². The van der Waals surface area contributed by atoms with Gasteiger partial charge in [0.25, 0.3) is 5.91 Å². The number of ether oxygens (including phenoxy) is 1. The normalized spacial score (nSPS) is 15.7. The monoisotopic (exact) mass is 518 g/mol. The van der Waals surface area contributed by atoms with E-state index in [9.17, 15) is 4.79 Å². The van der Waals surface area contributed by atoms with Gasteiger partial charge in [0.2, 0.25) is 0 Å². The second kappa shape index (κ2) is 10.2. The van der Waals surface area contributed by atoms with Crippen molar-refractivity contribution in [3.8, 4) is 5.75 Å². The van der Waals surface area contributed by atoms with Gasteiger partial charge in [-0.15, -0.1) is 0 Å². The summed E-state index contributed by atoms with van der Waals surface area (Å²) >= 11 is 13.8. The zero-order chi connectivity index (χ0) is 24.4. The van der Waals surface area contributed by atoms with E-state index in [0.717, 1.165) is 33.2 Å². The number of rotatable bonds is 5. The molecule has 0 aliphatic carbocycles. The molecule has 0 bridgehead atoms. The SMILES string of the molecule is Cc1c(Cl)cccc1N=C1NC(=O)/C(=C\c2c(OCc3ccccc3Cl)ccc3ccccc23)S1. The van der Waals surface area contributed by atoms with Crippen LogP contribution in [0.25, 0.3) is 16.8 Å². The number of halogens is 2. The van der Waals surface area contributed by atoms with Gasteiger partial charge in [-0.05, 0) is 65.4 Å². The minimum Gasteiger partial charge on any atom is -0.488 e. The molecule has 1 heterocycles. The lowest BCUT2D eigenvalue weighted by atomic mass is 10.0. The molecule has 1 amide bonds. The van der Waals surface area contributed by atoms with Crippen molar-refractivity contribution in [2.24, 2.45) is 4.99 Å². The van der Waals surface area contributed by atoms with Crippen LogP contribution in [-0.4, -0.2) is 11.1 Å². The van der Waals surface area contributed by atoms with Crippen molar-refractivity contribution in [3.05, 3.63) is 111 Å². The van der Waals surface area contributed by atoms with Crippen LogP contribution in [0.2, 0.25) is 10.0 Å². The minimum absolute atomic E-state index is 0.210. The molecule has 7 heteroatoms. The van der Waals surface area contributed by atoms with Crippen LogP contribution < -0.4 is 10.1 Å². The van der Waals surface area contributed by atoms with Gasteiger partial charge in [-0.3, -0.25) is 4.79 Å². The van der Waals surface area contributed by atoms with Gasteiger partial charge in [-0.1, -0.05) is 77.8 Å². The zero-order valence-electron chi connectivity index (χ0n) is 18.7. The highest BCUT2D eigenvalue weighted by Gasteiger charge is 2.25. The Morgan fingerprint density at radius 1 is 0.943 bits per heavy atom. The van der Waals surface area contributed by atoms with Gasteiger partial charge in [0, 0.05) is 21.2 Å². The van der Waals surface area contributed by atoms with Crippen LogP contribution in [0.5, 0.6) is 5.75 Å². The van der Waals surface area contributed by atoms with Crippen molar-refractivity contribution >= 4 is 68.6 Å². The fourth-order valence-electron chi connectivity index (χ4n) is 3.76. The number of carbonyl (C=O) groups excluding carboxylic acids is 1. The van der Waals surface area contributed by atoms with Crippen molar-refractivity contribution in [2.45, 2.75) is 13.5 Å². The summed E-state index contributed by atoms with van der Waals surface area (Å²) in [5, 5.41) is 6.68. The van der Waals surface area contributed by atoms with Crippen LogP contribution in [0, 0.1) is 6.92 Å². The number of nitrogens with one attached hydrogen (secondary N) is 1. The Hall–Kier alpha value is -3.25. The molecule has 0 unspecified atom stereocenters. The number of thioether (sulfide) groups is 1. The number of amidine groups is 1. The summed E-state index contributed by atoms with van der Waals surface area (Å²) in [5.74, 6) is 0.457. The molecule has 1 N–H and O–H groups in total. The number of carbonyl (C=O) groups is 1. The zero-order valence-corrected chi connectivity index (χ0v) is 21.0. The Balaban J connectivity index is 1.51. The van der Waals surface area contributed by atoms with Crippen molar-refractivity contribution < 1.29 is 9.53 Å². The van der Waals surface area contributed by atoms with Gasteiger partial charge in [-0.25, -0.2) is 4.99 Å². The molecule has 1 aliphatic heterocycles. The van der Waals surface area contributed by atoms with Crippen LogP contribution in [0.1, 0.15) is 16.7 Å². The lowest BCUT2D eigenvalue weighted by Crippen LogP contribution is -2.19. The Labute approximate surface area is 217 Å². The molecule has 5 rings (SSSR count). The summed E-state index contributed by atoms with van der Waals surface area (Å²) < 4.78 is 6.19. The summed E-state index contributed by atoms with van der Waals surface area (Å²) in [7, 11) is 0. The van der Waals surface area contributed by atoms with E-state index in [-0.39, 0.29) is 5.91 Å². The number of hydrogen-bond donors (Lipinski definition) is 1. The topological polar surface area (TPSA) is 50.7 Å². The maximum absolute atomic E-state index is 12.8. The Kier molecular flexibility index (Phi) is 6.82. The summed E-state index contributed by atoms with van der Waals surface area (Å²) in [4.78, 5) is 18.0. The molecule has 0 radical (unpaired) electrons. The van der Waals surface area contributed by atoms with Gasteiger partial charge in [0.15, 0.2) is 5.17 Å². The van der Waals surface area contributed by atoms with E-state index in [1.807, 2.05) is 91.9 Å². The first-order valence-corrected chi connectivity index (χ1v) is 12.5. The molecule has 174 valence electrons. The standard InChI is InChI=1S/C28H20Cl2N2O2S/c1-17-22(29)11-6-12-24(17)31-28-32-27(33)26(35-28)15-21-20-9-4-2-7-18(20)13-14-25(21)34-16-19-8-3-5-10-23(19)30/h2-15H,16H2,1H3,(H,31,32,33)/b26-15+. The van der Waals surface area contributed by atoms with Crippen LogP contribution >= 0.6 is 35.0 Å². The first-order chi connectivity index (χ1) is 17.0. The predicted octanol–water partition coefficient (Wildman–Crippen LogP) is 7.93. The Bertz CT molecular complexity index is 1510. The van der Waals surface area contributed by atoms with Crippen molar-refractivity contribution in [1.82, 2.24) is 5.32 Å². The molecule has 0 aromatic heterocycles. The number of nitrogens with zero attached hydrogens (tertiary/aromatic N) is 1. The molecule has 1 fully saturated rings. The lowest BCUT2D eigenvalue weighted by Gasteiger charge is -2.13. The van der Waals surface area contributed by atoms with Gasteiger partial charge in [-0.2, -0.15) is 0 Å². The minimum atomic E-state index is -0.210. The number of benzene rings is 4. The molecule has 0 atom stereocenters. The van der Waals surface area contributed by atoms with Crippen LogP contribution in [0.15, 0.2) is 88.8 Å². The smallest absolute Gasteiger partial charge is 0.264 e. The highest BCUT2D eigenvalue weighted by Crippen LogP contribution is 2.36. The molecular weight excluding hydrogens is 499 g/mol. The van der Waals surface area contributed by atoms with Crippen molar-refractivity contribution in [3.63, 3.8) is 0 Å². The van der Waals surface area contributed by atoms with Crippen LogP contribution in [-0.2, 0) is 11.4 Å². The third-order valence-corrected chi connectivity index (χ3v) is 7.35. The summed E-state index contributed by atoms with van der Waals surface area (Å²) in [6.07, 6.45) is 1.86. The Morgan fingerprint density at radius 2 is 1.71 bits per heavy atom. The largest absolute Gasteiger partial charge is 0.488 e. The molecule has 4 aromatic rings. The second-order valence-electron chi connectivity index (χ2n) is 7.94. The molecule has 4 aromatic carbocycles. The van der Waals surface area contributed by atoms with E-state index in [0.29, 0.717) is 32.5 Å². The van der Waals surface area contributed by atoms with E-state index >= 15 is 0 Å². The molecule has 1 saturated heterocycles. The molecule has 35 heavy (non-hydrogen) atoms. The number of aliphatic imine (C=N–C) groups is 1.